The average Bonchev–Trinajstić information content (AvgIpc) is 3.19. The number of carboxylic acid groups (broad SMARTS) is 1. The first-order valence-electron chi connectivity index (χ1n) is 6.22. The van der Waals surface area contributed by atoms with Gasteiger partial charge in [0.15, 0.2) is 0 Å². The van der Waals surface area contributed by atoms with E-state index in [9.17, 15) is 9.90 Å². The summed E-state index contributed by atoms with van der Waals surface area (Å²) in [5, 5.41) is 14.6. The molecule has 0 bridgehead atoms. The van der Waals surface area contributed by atoms with Crippen LogP contribution in [0.1, 0.15) is 12.8 Å². The zero-order chi connectivity index (χ0) is 12.5. The lowest BCUT2D eigenvalue weighted by Crippen LogP contribution is -2.31. The molecule has 2 aromatic carbocycles. The van der Waals surface area contributed by atoms with Gasteiger partial charge < -0.3 is 10.4 Å². The molecule has 1 aliphatic rings. The van der Waals surface area contributed by atoms with Gasteiger partial charge in [-0.15, -0.1) is 0 Å². The molecule has 1 atom stereocenters. The van der Waals surface area contributed by atoms with E-state index in [0.717, 1.165) is 23.9 Å². The summed E-state index contributed by atoms with van der Waals surface area (Å²) in [4.78, 5) is 11.2. The first-order valence-corrected chi connectivity index (χ1v) is 6.22. The second kappa shape index (κ2) is 4.33. The Morgan fingerprint density at radius 3 is 2.56 bits per heavy atom. The van der Waals surface area contributed by atoms with Crippen LogP contribution in [-0.4, -0.2) is 17.1 Å². The van der Waals surface area contributed by atoms with E-state index in [-0.39, 0.29) is 5.92 Å². The predicted octanol–water partition coefficient (Wildman–Crippen LogP) is 3.11. The Kier molecular flexibility index (Phi) is 2.67. The molecule has 1 saturated carbocycles. The molecule has 2 N–H and O–H groups in total. The molecular formula is C15H15NO2. The monoisotopic (exact) mass is 241 g/mol. The van der Waals surface area contributed by atoms with E-state index in [1.54, 1.807) is 0 Å². The Morgan fingerprint density at radius 2 is 1.89 bits per heavy atom. The van der Waals surface area contributed by atoms with Gasteiger partial charge in [0.1, 0.15) is 6.04 Å². The van der Waals surface area contributed by atoms with Gasteiger partial charge in [-0.05, 0) is 41.7 Å². The highest BCUT2D eigenvalue weighted by molar-refractivity contribution is 5.87. The number of carboxylic acids is 1. The van der Waals surface area contributed by atoms with Gasteiger partial charge in [-0.2, -0.15) is 0 Å². The highest BCUT2D eigenvalue weighted by Gasteiger charge is 2.36. The van der Waals surface area contributed by atoms with E-state index in [0.29, 0.717) is 0 Å². The Bertz CT molecular complexity index is 590. The van der Waals surface area contributed by atoms with Crippen LogP contribution >= 0.6 is 0 Å². The zero-order valence-electron chi connectivity index (χ0n) is 9.97. The average molecular weight is 241 g/mol. The van der Waals surface area contributed by atoms with E-state index in [1.165, 1.54) is 5.39 Å². The minimum absolute atomic E-state index is 0.286. The predicted molar refractivity (Wildman–Crippen MR) is 71.7 cm³/mol. The number of aliphatic carboxylic acids is 1. The van der Waals surface area contributed by atoms with Gasteiger partial charge >= 0.3 is 5.97 Å². The molecule has 0 radical (unpaired) electrons. The standard InChI is InChI=1S/C15H15NO2/c17-15(18)14(11-5-6-11)16-13-8-7-10-3-1-2-4-12(10)9-13/h1-4,7-9,11,14,16H,5-6H2,(H,17,18). The molecule has 0 heterocycles. The van der Waals surface area contributed by atoms with Crippen molar-refractivity contribution in [2.75, 3.05) is 5.32 Å². The lowest BCUT2D eigenvalue weighted by atomic mass is 10.1. The Balaban J connectivity index is 1.87. The number of carbonyl (C=O) groups is 1. The van der Waals surface area contributed by atoms with Crippen molar-refractivity contribution in [3.05, 3.63) is 42.5 Å². The van der Waals surface area contributed by atoms with Gasteiger partial charge in [0.2, 0.25) is 0 Å². The summed E-state index contributed by atoms with van der Waals surface area (Å²) < 4.78 is 0. The summed E-state index contributed by atoms with van der Waals surface area (Å²) in [6.45, 7) is 0. The van der Waals surface area contributed by atoms with Crippen molar-refractivity contribution in [3.8, 4) is 0 Å². The van der Waals surface area contributed by atoms with E-state index < -0.39 is 12.0 Å². The number of hydrogen-bond donors (Lipinski definition) is 2. The summed E-state index contributed by atoms with van der Waals surface area (Å²) in [6, 6.07) is 13.6. The Morgan fingerprint density at radius 1 is 1.17 bits per heavy atom. The molecule has 0 amide bonds. The third kappa shape index (κ3) is 2.16. The normalized spacial score (nSPS) is 16.4. The third-order valence-electron chi connectivity index (χ3n) is 3.43. The van der Waals surface area contributed by atoms with E-state index in [4.69, 9.17) is 0 Å². The molecule has 0 aliphatic heterocycles. The number of anilines is 1. The molecule has 2 aromatic rings. The third-order valence-corrected chi connectivity index (χ3v) is 3.43. The van der Waals surface area contributed by atoms with Crippen LogP contribution in [0.5, 0.6) is 0 Å². The molecule has 92 valence electrons. The van der Waals surface area contributed by atoms with Crippen LogP contribution < -0.4 is 5.32 Å². The van der Waals surface area contributed by atoms with Gasteiger partial charge in [0, 0.05) is 5.69 Å². The maximum absolute atomic E-state index is 11.2. The van der Waals surface area contributed by atoms with Crippen molar-refractivity contribution in [2.24, 2.45) is 5.92 Å². The molecule has 3 nitrogen and oxygen atoms in total. The van der Waals surface area contributed by atoms with Crippen molar-refractivity contribution < 1.29 is 9.90 Å². The molecule has 0 spiro atoms. The van der Waals surface area contributed by atoms with Crippen LogP contribution in [0.15, 0.2) is 42.5 Å². The van der Waals surface area contributed by atoms with Gasteiger partial charge in [0.25, 0.3) is 0 Å². The minimum atomic E-state index is -0.759. The SMILES string of the molecule is O=C(O)C(Nc1ccc2ccccc2c1)C1CC1. The molecular weight excluding hydrogens is 226 g/mol. The van der Waals surface area contributed by atoms with Gasteiger partial charge in [-0.1, -0.05) is 30.3 Å². The zero-order valence-corrected chi connectivity index (χ0v) is 9.97. The fourth-order valence-corrected chi connectivity index (χ4v) is 2.27. The lowest BCUT2D eigenvalue weighted by molar-refractivity contribution is -0.138. The van der Waals surface area contributed by atoms with Crippen molar-refractivity contribution >= 4 is 22.4 Å². The summed E-state index contributed by atoms with van der Waals surface area (Å²) in [5.74, 6) is -0.473. The maximum Gasteiger partial charge on any atom is 0.326 e. The first kappa shape index (κ1) is 11.1. The van der Waals surface area contributed by atoms with Crippen molar-refractivity contribution in [3.63, 3.8) is 0 Å². The summed E-state index contributed by atoms with van der Waals surface area (Å²) >= 11 is 0. The van der Waals surface area contributed by atoms with Gasteiger partial charge in [0.05, 0.1) is 0 Å². The van der Waals surface area contributed by atoms with Crippen molar-refractivity contribution in [1.82, 2.24) is 0 Å². The minimum Gasteiger partial charge on any atom is -0.480 e. The lowest BCUT2D eigenvalue weighted by Gasteiger charge is -2.15. The van der Waals surface area contributed by atoms with Gasteiger partial charge in [-0.3, -0.25) is 0 Å². The van der Waals surface area contributed by atoms with Crippen LogP contribution in [-0.2, 0) is 4.79 Å². The van der Waals surface area contributed by atoms with Crippen LogP contribution in [0.4, 0.5) is 5.69 Å². The Labute approximate surface area is 105 Å². The summed E-state index contributed by atoms with van der Waals surface area (Å²) in [6.07, 6.45) is 2.02. The molecule has 1 fully saturated rings. The number of fused-ring (bicyclic) bond motifs is 1. The quantitative estimate of drug-likeness (QED) is 0.864. The first-order chi connectivity index (χ1) is 8.74. The highest BCUT2D eigenvalue weighted by Crippen LogP contribution is 2.34. The molecule has 0 aromatic heterocycles. The number of benzene rings is 2. The molecule has 0 saturated heterocycles. The molecule has 18 heavy (non-hydrogen) atoms. The van der Waals surface area contributed by atoms with Crippen LogP contribution in [0.3, 0.4) is 0 Å². The smallest absolute Gasteiger partial charge is 0.326 e. The highest BCUT2D eigenvalue weighted by atomic mass is 16.4. The van der Waals surface area contributed by atoms with Crippen LogP contribution in [0, 0.1) is 5.92 Å². The topological polar surface area (TPSA) is 49.3 Å². The fourth-order valence-electron chi connectivity index (χ4n) is 2.27. The molecule has 3 rings (SSSR count). The number of nitrogens with one attached hydrogen (secondary N) is 1. The second-order valence-electron chi connectivity index (χ2n) is 4.86. The largest absolute Gasteiger partial charge is 0.480 e. The second-order valence-corrected chi connectivity index (χ2v) is 4.86. The molecule has 1 unspecified atom stereocenters. The Hall–Kier alpha value is -2.03. The van der Waals surface area contributed by atoms with E-state index >= 15 is 0 Å². The summed E-state index contributed by atoms with van der Waals surface area (Å²) in [7, 11) is 0. The van der Waals surface area contributed by atoms with E-state index in [2.05, 4.69) is 11.4 Å². The van der Waals surface area contributed by atoms with E-state index in [1.807, 2.05) is 36.4 Å². The van der Waals surface area contributed by atoms with Gasteiger partial charge in [-0.25, -0.2) is 4.79 Å². The van der Waals surface area contributed by atoms with Crippen LogP contribution in [0.25, 0.3) is 10.8 Å². The maximum atomic E-state index is 11.2. The van der Waals surface area contributed by atoms with Crippen molar-refractivity contribution in [2.45, 2.75) is 18.9 Å². The van der Waals surface area contributed by atoms with Crippen molar-refractivity contribution in [1.29, 1.82) is 0 Å². The fraction of sp³-hybridized carbons (Fsp3) is 0.267. The summed E-state index contributed by atoms with van der Waals surface area (Å²) in [5.41, 5.74) is 0.882. The number of hydrogen-bond acceptors (Lipinski definition) is 2. The van der Waals surface area contributed by atoms with Crippen LogP contribution in [0.2, 0.25) is 0 Å². The molecule has 1 aliphatic carbocycles. The number of rotatable bonds is 4. The molecule has 3 heteroatoms.